The van der Waals surface area contributed by atoms with Crippen molar-refractivity contribution in [2.75, 3.05) is 13.1 Å². The predicted molar refractivity (Wildman–Crippen MR) is 52.2 cm³/mol. The average molecular weight is 167 g/mol. The molecule has 0 aromatic heterocycles. The van der Waals surface area contributed by atoms with Gasteiger partial charge in [-0.15, -0.1) is 0 Å². The smallest absolute Gasteiger partial charge is 0.000826 e. The van der Waals surface area contributed by atoms with Gasteiger partial charge in [-0.2, -0.15) is 0 Å². The Morgan fingerprint density at radius 3 is 2.17 bits per heavy atom. The largest absolute Gasteiger partial charge is 0.316 e. The quantitative estimate of drug-likeness (QED) is 0.678. The van der Waals surface area contributed by atoms with E-state index in [2.05, 4.69) is 5.32 Å². The van der Waals surface area contributed by atoms with Gasteiger partial charge < -0.3 is 5.32 Å². The zero-order chi connectivity index (χ0) is 8.23. The Labute approximate surface area is 75.9 Å². The minimum absolute atomic E-state index is 1.03. The molecule has 0 radical (unpaired) electrons. The standard InChI is InChI=1S/C11H21N/c1-2-5-10(4-1)6-3-7-11-8-12-9-11/h10-12H,1-9H2. The molecule has 70 valence electrons. The van der Waals surface area contributed by atoms with E-state index in [0.717, 1.165) is 11.8 Å². The van der Waals surface area contributed by atoms with Gasteiger partial charge in [0.05, 0.1) is 0 Å². The SMILES string of the molecule is C1CCC(CCCC2CNC2)C1. The molecule has 1 aliphatic heterocycles. The molecule has 0 spiro atoms. The molecular weight excluding hydrogens is 146 g/mol. The molecule has 0 amide bonds. The van der Waals surface area contributed by atoms with Gasteiger partial charge in [0.25, 0.3) is 0 Å². The lowest BCUT2D eigenvalue weighted by atomic mass is 9.92. The Morgan fingerprint density at radius 1 is 0.917 bits per heavy atom. The van der Waals surface area contributed by atoms with Gasteiger partial charge in [-0.25, -0.2) is 0 Å². The van der Waals surface area contributed by atoms with E-state index in [1.165, 1.54) is 58.0 Å². The van der Waals surface area contributed by atoms with Crippen LogP contribution in [0.3, 0.4) is 0 Å². The van der Waals surface area contributed by atoms with E-state index in [1.54, 1.807) is 0 Å². The van der Waals surface area contributed by atoms with Crippen molar-refractivity contribution >= 4 is 0 Å². The van der Waals surface area contributed by atoms with Crippen molar-refractivity contribution in [2.45, 2.75) is 44.9 Å². The third kappa shape index (κ3) is 2.22. The summed E-state index contributed by atoms with van der Waals surface area (Å²) in [5.41, 5.74) is 0. The highest BCUT2D eigenvalue weighted by Gasteiger charge is 2.18. The highest BCUT2D eigenvalue weighted by atomic mass is 14.9. The summed E-state index contributed by atoms with van der Waals surface area (Å²) in [4.78, 5) is 0. The maximum Gasteiger partial charge on any atom is -0.000826 e. The predicted octanol–water partition coefficient (Wildman–Crippen LogP) is 2.57. The van der Waals surface area contributed by atoms with Gasteiger partial charge in [0.1, 0.15) is 0 Å². The zero-order valence-corrected chi connectivity index (χ0v) is 8.02. The maximum atomic E-state index is 3.34. The average Bonchev–Trinajstić information content (AvgIpc) is 2.46. The van der Waals surface area contributed by atoms with Gasteiger partial charge in [0.15, 0.2) is 0 Å². The summed E-state index contributed by atoms with van der Waals surface area (Å²) in [6.07, 6.45) is 10.6. The normalized spacial score (nSPS) is 26.0. The fourth-order valence-corrected chi connectivity index (χ4v) is 2.55. The Kier molecular flexibility index (Phi) is 3.04. The number of nitrogens with one attached hydrogen (secondary N) is 1. The summed E-state index contributed by atoms with van der Waals surface area (Å²) in [5.74, 6) is 2.14. The molecule has 0 aromatic rings. The summed E-state index contributed by atoms with van der Waals surface area (Å²) < 4.78 is 0. The van der Waals surface area contributed by atoms with Crippen LogP contribution in [0.5, 0.6) is 0 Å². The lowest BCUT2D eigenvalue weighted by Gasteiger charge is -2.27. The second-order valence-corrected chi connectivity index (χ2v) is 4.61. The first-order valence-corrected chi connectivity index (χ1v) is 5.66. The van der Waals surface area contributed by atoms with Crippen molar-refractivity contribution in [3.05, 3.63) is 0 Å². The number of hydrogen-bond acceptors (Lipinski definition) is 1. The molecule has 1 aliphatic carbocycles. The highest BCUT2D eigenvalue weighted by Crippen LogP contribution is 2.29. The van der Waals surface area contributed by atoms with Crippen LogP contribution in [-0.2, 0) is 0 Å². The van der Waals surface area contributed by atoms with Crippen molar-refractivity contribution in [3.8, 4) is 0 Å². The van der Waals surface area contributed by atoms with Crippen LogP contribution in [0.4, 0.5) is 0 Å². The van der Waals surface area contributed by atoms with Gasteiger partial charge in [0, 0.05) is 0 Å². The molecule has 2 fully saturated rings. The van der Waals surface area contributed by atoms with Crippen LogP contribution >= 0.6 is 0 Å². The molecule has 1 saturated carbocycles. The Hall–Kier alpha value is -0.0400. The summed E-state index contributed by atoms with van der Waals surface area (Å²) in [7, 11) is 0. The van der Waals surface area contributed by atoms with Crippen LogP contribution in [0.25, 0.3) is 0 Å². The molecule has 1 heterocycles. The van der Waals surface area contributed by atoms with Crippen molar-refractivity contribution in [2.24, 2.45) is 11.8 Å². The summed E-state index contributed by atoms with van der Waals surface area (Å²) in [5, 5.41) is 3.34. The van der Waals surface area contributed by atoms with Crippen LogP contribution in [-0.4, -0.2) is 13.1 Å². The summed E-state index contributed by atoms with van der Waals surface area (Å²) >= 11 is 0. The van der Waals surface area contributed by atoms with E-state index in [4.69, 9.17) is 0 Å². The van der Waals surface area contributed by atoms with Crippen LogP contribution in [0.1, 0.15) is 44.9 Å². The van der Waals surface area contributed by atoms with E-state index in [1.807, 2.05) is 0 Å². The monoisotopic (exact) mass is 167 g/mol. The van der Waals surface area contributed by atoms with E-state index in [9.17, 15) is 0 Å². The van der Waals surface area contributed by atoms with Crippen molar-refractivity contribution in [1.29, 1.82) is 0 Å². The Balaban J connectivity index is 1.49. The lowest BCUT2D eigenvalue weighted by molar-refractivity contribution is 0.307. The molecule has 12 heavy (non-hydrogen) atoms. The maximum absolute atomic E-state index is 3.34. The zero-order valence-electron chi connectivity index (χ0n) is 8.02. The first-order chi connectivity index (χ1) is 5.95. The number of hydrogen-bond donors (Lipinski definition) is 1. The first-order valence-electron chi connectivity index (χ1n) is 5.66. The molecule has 1 nitrogen and oxygen atoms in total. The van der Waals surface area contributed by atoms with Crippen LogP contribution in [0, 0.1) is 11.8 Å². The highest BCUT2D eigenvalue weighted by molar-refractivity contribution is 4.75. The fourth-order valence-electron chi connectivity index (χ4n) is 2.55. The molecule has 0 unspecified atom stereocenters. The number of rotatable bonds is 4. The first kappa shape index (κ1) is 8.55. The minimum Gasteiger partial charge on any atom is -0.316 e. The topological polar surface area (TPSA) is 12.0 Å². The van der Waals surface area contributed by atoms with Crippen LogP contribution < -0.4 is 5.32 Å². The van der Waals surface area contributed by atoms with Crippen LogP contribution in [0.15, 0.2) is 0 Å². The van der Waals surface area contributed by atoms with Gasteiger partial charge >= 0.3 is 0 Å². The van der Waals surface area contributed by atoms with E-state index >= 15 is 0 Å². The molecular formula is C11H21N. The molecule has 0 atom stereocenters. The van der Waals surface area contributed by atoms with Gasteiger partial charge in [-0.3, -0.25) is 0 Å². The molecule has 0 aromatic carbocycles. The second-order valence-electron chi connectivity index (χ2n) is 4.61. The van der Waals surface area contributed by atoms with E-state index < -0.39 is 0 Å². The molecule has 1 heteroatoms. The molecule has 1 saturated heterocycles. The summed E-state index contributed by atoms with van der Waals surface area (Å²) in [6, 6.07) is 0. The fraction of sp³-hybridized carbons (Fsp3) is 1.00. The lowest BCUT2D eigenvalue weighted by Crippen LogP contribution is -2.41. The second kappa shape index (κ2) is 4.27. The third-order valence-corrected chi connectivity index (χ3v) is 3.57. The van der Waals surface area contributed by atoms with Crippen molar-refractivity contribution in [1.82, 2.24) is 5.32 Å². The third-order valence-electron chi connectivity index (χ3n) is 3.57. The van der Waals surface area contributed by atoms with Gasteiger partial charge in [-0.1, -0.05) is 38.5 Å². The Morgan fingerprint density at radius 2 is 1.58 bits per heavy atom. The summed E-state index contributed by atoms with van der Waals surface area (Å²) in [6.45, 7) is 2.59. The van der Waals surface area contributed by atoms with E-state index in [0.29, 0.717) is 0 Å². The van der Waals surface area contributed by atoms with Gasteiger partial charge in [-0.05, 0) is 31.3 Å². The molecule has 0 bridgehead atoms. The van der Waals surface area contributed by atoms with Crippen molar-refractivity contribution in [3.63, 3.8) is 0 Å². The minimum atomic E-state index is 1.03. The van der Waals surface area contributed by atoms with E-state index in [-0.39, 0.29) is 0 Å². The van der Waals surface area contributed by atoms with Crippen molar-refractivity contribution < 1.29 is 0 Å². The molecule has 2 aliphatic rings. The molecule has 2 rings (SSSR count). The van der Waals surface area contributed by atoms with Gasteiger partial charge in [0.2, 0.25) is 0 Å². The Bertz CT molecular complexity index is 123. The van der Waals surface area contributed by atoms with Crippen LogP contribution in [0.2, 0.25) is 0 Å². The molecule has 1 N–H and O–H groups in total.